The number of nitrogens with one attached hydrogen (secondary N) is 1. The number of carbonyl (C=O) groups excluding carboxylic acids is 1. The number of nitrogens with zero attached hydrogens (tertiary/aromatic N) is 3. The van der Waals surface area contributed by atoms with Gasteiger partial charge in [-0.2, -0.15) is 0 Å². The summed E-state index contributed by atoms with van der Waals surface area (Å²) >= 11 is 0. The first kappa shape index (κ1) is 19.6. The summed E-state index contributed by atoms with van der Waals surface area (Å²) in [6.07, 6.45) is 1.97. The van der Waals surface area contributed by atoms with Gasteiger partial charge in [-0.1, -0.05) is 36.4 Å². The van der Waals surface area contributed by atoms with Gasteiger partial charge in [-0.15, -0.1) is 0 Å². The zero-order valence-corrected chi connectivity index (χ0v) is 16.6. The van der Waals surface area contributed by atoms with Crippen LogP contribution >= 0.6 is 0 Å². The molecule has 1 amide bonds. The molecule has 4 rings (SSSR count). The van der Waals surface area contributed by atoms with Crippen LogP contribution in [0.1, 0.15) is 21.7 Å². The van der Waals surface area contributed by atoms with Crippen LogP contribution < -0.4 is 5.32 Å². The molecule has 1 N–H and O–H groups in total. The molecule has 0 aliphatic carbocycles. The minimum absolute atomic E-state index is 0.0304. The number of imidazole rings is 1. The Bertz CT molecular complexity index is 951. The molecule has 1 atom stereocenters. The molecular weight excluding hydrogens is 368 g/mol. The van der Waals surface area contributed by atoms with Crippen LogP contribution in [0.2, 0.25) is 0 Å². The largest absolute Gasteiger partial charge is 0.376 e. The fourth-order valence-corrected chi connectivity index (χ4v) is 3.50. The van der Waals surface area contributed by atoms with Crippen molar-refractivity contribution >= 4 is 11.6 Å². The molecule has 7 heteroatoms. The molecule has 1 saturated heterocycles. The first-order valence-corrected chi connectivity index (χ1v) is 9.88. The molecule has 0 spiro atoms. The second kappa shape index (κ2) is 9.17. The minimum atomic E-state index is -0.0911. The number of fused-ring (bicyclic) bond motifs is 1. The highest BCUT2D eigenvalue weighted by atomic mass is 16.6. The molecule has 1 aliphatic heterocycles. The minimum Gasteiger partial charge on any atom is -0.376 e. The maximum Gasteiger partial charge on any atom is 0.274 e. The number of hydrogen-bond acceptors (Lipinski definition) is 5. The van der Waals surface area contributed by atoms with Crippen molar-refractivity contribution in [1.82, 2.24) is 19.6 Å². The van der Waals surface area contributed by atoms with E-state index in [2.05, 4.69) is 10.3 Å². The highest BCUT2D eigenvalue weighted by Gasteiger charge is 2.22. The van der Waals surface area contributed by atoms with Gasteiger partial charge < -0.3 is 24.1 Å². The Kier molecular flexibility index (Phi) is 6.19. The predicted octanol–water partition coefficient (Wildman–Crippen LogP) is 2.11. The molecule has 152 valence electrons. The van der Waals surface area contributed by atoms with E-state index < -0.39 is 0 Å². The first-order chi connectivity index (χ1) is 14.2. The number of ether oxygens (including phenoxy) is 2. The van der Waals surface area contributed by atoms with Crippen molar-refractivity contribution < 1.29 is 14.3 Å². The lowest BCUT2D eigenvalue weighted by molar-refractivity contribution is -0.0864. The molecule has 29 heavy (non-hydrogen) atoms. The fourth-order valence-electron chi connectivity index (χ4n) is 3.50. The van der Waals surface area contributed by atoms with Crippen LogP contribution in [0.5, 0.6) is 0 Å². The average Bonchev–Trinajstić information content (AvgIpc) is 3.13. The van der Waals surface area contributed by atoms with Gasteiger partial charge in [0.25, 0.3) is 5.91 Å². The third-order valence-corrected chi connectivity index (χ3v) is 4.99. The van der Waals surface area contributed by atoms with Crippen molar-refractivity contribution in [2.24, 2.45) is 0 Å². The van der Waals surface area contributed by atoms with E-state index in [1.54, 1.807) is 4.90 Å². The number of carbonyl (C=O) groups is 1. The number of pyridine rings is 1. The lowest BCUT2D eigenvalue weighted by atomic mass is 10.2. The van der Waals surface area contributed by atoms with Gasteiger partial charge in [0.05, 0.1) is 31.6 Å². The van der Waals surface area contributed by atoms with Crippen LogP contribution in [0.15, 0.2) is 54.7 Å². The summed E-state index contributed by atoms with van der Waals surface area (Å²) in [5.41, 5.74) is 3.17. The summed E-state index contributed by atoms with van der Waals surface area (Å²) in [6.45, 7) is 3.57. The van der Waals surface area contributed by atoms with Crippen LogP contribution in [0.4, 0.5) is 0 Å². The molecular formula is C22H26N4O3. The normalized spacial score (nSPS) is 16.8. The van der Waals surface area contributed by atoms with E-state index in [9.17, 15) is 4.79 Å². The Labute approximate surface area is 170 Å². The summed E-state index contributed by atoms with van der Waals surface area (Å²) in [4.78, 5) is 19.5. The van der Waals surface area contributed by atoms with Crippen molar-refractivity contribution in [2.75, 3.05) is 33.4 Å². The summed E-state index contributed by atoms with van der Waals surface area (Å²) in [5.74, 6) is -0.0911. The van der Waals surface area contributed by atoms with Gasteiger partial charge in [0.2, 0.25) is 0 Å². The van der Waals surface area contributed by atoms with Crippen molar-refractivity contribution in [3.05, 3.63) is 71.7 Å². The molecule has 0 unspecified atom stereocenters. The van der Waals surface area contributed by atoms with Crippen molar-refractivity contribution in [2.45, 2.75) is 19.2 Å². The van der Waals surface area contributed by atoms with Crippen molar-refractivity contribution in [3.63, 3.8) is 0 Å². The summed E-state index contributed by atoms with van der Waals surface area (Å²) in [6, 6.07) is 15.7. The number of rotatable bonds is 7. The fraction of sp³-hybridized carbons (Fsp3) is 0.364. The second-order valence-electron chi connectivity index (χ2n) is 7.18. The predicted molar refractivity (Wildman–Crippen MR) is 110 cm³/mol. The van der Waals surface area contributed by atoms with Gasteiger partial charge in [0, 0.05) is 32.9 Å². The maximum absolute atomic E-state index is 13.2. The lowest BCUT2D eigenvalue weighted by Crippen LogP contribution is -2.37. The highest BCUT2D eigenvalue weighted by Crippen LogP contribution is 2.16. The van der Waals surface area contributed by atoms with E-state index in [1.165, 1.54) is 0 Å². The Balaban J connectivity index is 1.51. The van der Waals surface area contributed by atoms with Crippen LogP contribution in [-0.2, 0) is 22.6 Å². The van der Waals surface area contributed by atoms with Gasteiger partial charge in [-0.3, -0.25) is 4.79 Å². The monoisotopic (exact) mass is 394 g/mol. The molecule has 0 saturated carbocycles. The molecule has 3 aromatic rings. The smallest absolute Gasteiger partial charge is 0.274 e. The number of hydrogen-bond donors (Lipinski definition) is 1. The Hall–Kier alpha value is -2.74. The molecule has 3 heterocycles. The van der Waals surface area contributed by atoms with Crippen LogP contribution in [0.25, 0.3) is 5.65 Å². The SMILES string of the molecule is CN(Cc1ccccc1)C(=O)c1nc2ccccn2c1CNC[C@@H]1COCCO1. The maximum atomic E-state index is 13.2. The third-order valence-electron chi connectivity index (χ3n) is 4.99. The lowest BCUT2D eigenvalue weighted by Gasteiger charge is -2.23. The van der Waals surface area contributed by atoms with E-state index in [-0.39, 0.29) is 12.0 Å². The van der Waals surface area contributed by atoms with Crippen LogP contribution in [-0.4, -0.2) is 59.7 Å². The Morgan fingerprint density at radius 2 is 2.03 bits per heavy atom. The molecule has 1 aromatic carbocycles. The molecule has 0 bridgehead atoms. The van der Waals surface area contributed by atoms with Gasteiger partial charge >= 0.3 is 0 Å². The van der Waals surface area contributed by atoms with Gasteiger partial charge in [-0.05, 0) is 17.7 Å². The summed E-state index contributed by atoms with van der Waals surface area (Å²) in [5, 5.41) is 3.40. The van der Waals surface area contributed by atoms with E-state index in [1.807, 2.05) is 66.2 Å². The molecule has 1 fully saturated rings. The molecule has 7 nitrogen and oxygen atoms in total. The topological polar surface area (TPSA) is 68.1 Å². The number of aromatic nitrogens is 2. The van der Waals surface area contributed by atoms with E-state index in [4.69, 9.17) is 9.47 Å². The first-order valence-electron chi connectivity index (χ1n) is 9.88. The van der Waals surface area contributed by atoms with E-state index >= 15 is 0 Å². The van der Waals surface area contributed by atoms with Crippen LogP contribution in [0, 0.1) is 0 Å². The van der Waals surface area contributed by atoms with Crippen LogP contribution in [0.3, 0.4) is 0 Å². The van der Waals surface area contributed by atoms with Gasteiger partial charge in [0.1, 0.15) is 5.65 Å². The molecule has 2 aromatic heterocycles. The Morgan fingerprint density at radius 1 is 1.21 bits per heavy atom. The van der Waals surface area contributed by atoms with Crippen molar-refractivity contribution in [3.8, 4) is 0 Å². The van der Waals surface area contributed by atoms with Crippen molar-refractivity contribution in [1.29, 1.82) is 0 Å². The Morgan fingerprint density at radius 3 is 2.83 bits per heavy atom. The standard InChI is InChI=1S/C22H26N4O3/c1-25(15-17-7-3-2-4-8-17)22(27)21-19(26-10-6-5-9-20(26)24-21)14-23-13-18-16-28-11-12-29-18/h2-10,18,23H,11-16H2,1H3/t18-/m1/s1. The third kappa shape index (κ3) is 4.64. The summed E-state index contributed by atoms with van der Waals surface area (Å²) in [7, 11) is 1.81. The zero-order valence-electron chi connectivity index (χ0n) is 16.6. The average molecular weight is 394 g/mol. The van der Waals surface area contributed by atoms with Gasteiger partial charge in [0.15, 0.2) is 5.69 Å². The van der Waals surface area contributed by atoms with E-state index in [0.717, 1.165) is 16.9 Å². The quantitative estimate of drug-likeness (QED) is 0.665. The molecule has 1 aliphatic rings. The second-order valence-corrected chi connectivity index (χ2v) is 7.18. The zero-order chi connectivity index (χ0) is 20.1. The summed E-state index contributed by atoms with van der Waals surface area (Å²) < 4.78 is 13.1. The molecule has 0 radical (unpaired) electrons. The number of amides is 1. The van der Waals surface area contributed by atoms with E-state index in [0.29, 0.717) is 45.1 Å². The number of benzene rings is 1. The van der Waals surface area contributed by atoms with Gasteiger partial charge in [-0.25, -0.2) is 4.98 Å². The highest BCUT2D eigenvalue weighted by molar-refractivity contribution is 5.94.